The number of aliphatic hydroxyl groups excluding tert-OH is 4. The van der Waals surface area contributed by atoms with Gasteiger partial charge < -0.3 is 58.3 Å². The lowest BCUT2D eigenvalue weighted by Gasteiger charge is -2.44. The van der Waals surface area contributed by atoms with Crippen molar-refractivity contribution in [2.45, 2.75) is 147 Å². The van der Waals surface area contributed by atoms with E-state index < -0.39 is 73.8 Å². The number of rotatable bonds is 18. The number of hydrogen-bond donors (Lipinski definition) is 5. The predicted molar refractivity (Wildman–Crippen MR) is 167 cm³/mol. The van der Waals surface area contributed by atoms with E-state index in [1.165, 1.54) is 0 Å². The van der Waals surface area contributed by atoms with Crippen molar-refractivity contribution in [3.63, 3.8) is 0 Å². The van der Waals surface area contributed by atoms with Crippen molar-refractivity contribution in [2.75, 3.05) is 39.6 Å². The van der Waals surface area contributed by atoms with Gasteiger partial charge >= 0.3 is 7.60 Å². The maximum Gasteiger partial charge on any atom is 0.333 e. The van der Waals surface area contributed by atoms with E-state index in [0.29, 0.717) is 39.1 Å². The Balaban J connectivity index is 1.77. The molecule has 0 aromatic carbocycles. The molecule has 11 unspecified atom stereocenters. The highest BCUT2D eigenvalue weighted by Gasteiger charge is 2.46. The third-order valence-electron chi connectivity index (χ3n) is 8.13. The molecule has 45 heavy (non-hydrogen) atoms. The van der Waals surface area contributed by atoms with Crippen LogP contribution in [0.15, 0.2) is 0 Å². The Morgan fingerprint density at radius 2 is 1.13 bits per heavy atom. The van der Waals surface area contributed by atoms with Gasteiger partial charge in [-0.25, -0.2) is 0 Å². The van der Waals surface area contributed by atoms with E-state index in [-0.39, 0.29) is 25.4 Å². The highest BCUT2D eigenvalue weighted by molar-refractivity contribution is 7.54. The summed E-state index contributed by atoms with van der Waals surface area (Å²) in [6.45, 7) is 15.9. The molecule has 5 N–H and O–H groups in total. The zero-order valence-electron chi connectivity index (χ0n) is 28.5. The molecule has 0 amide bonds. The lowest BCUT2D eigenvalue weighted by molar-refractivity contribution is -0.316. The molecular weight excluding hydrogens is 611 g/mol. The van der Waals surface area contributed by atoms with Gasteiger partial charge in [0.15, 0.2) is 12.6 Å². The van der Waals surface area contributed by atoms with Gasteiger partial charge in [-0.1, -0.05) is 13.8 Å². The average molecular weight is 673 g/mol. The van der Waals surface area contributed by atoms with Crippen LogP contribution in [0.25, 0.3) is 0 Å². The minimum absolute atomic E-state index is 0.0711. The summed E-state index contributed by atoms with van der Waals surface area (Å²) in [6, 6.07) is 0. The molecule has 0 aliphatic carbocycles. The molecule has 2 heterocycles. The molecule has 13 nitrogen and oxygen atoms in total. The normalized spacial score (nSPS) is 34.5. The zero-order chi connectivity index (χ0) is 34.0. The van der Waals surface area contributed by atoms with Gasteiger partial charge in [0.05, 0.1) is 42.8 Å². The molecule has 268 valence electrons. The van der Waals surface area contributed by atoms with Gasteiger partial charge in [-0.2, -0.15) is 0 Å². The van der Waals surface area contributed by atoms with Crippen molar-refractivity contribution in [1.82, 2.24) is 0 Å². The third kappa shape index (κ3) is 13.3. The predicted octanol–water partition coefficient (Wildman–Crippen LogP) is 2.97. The Bertz CT molecular complexity index is 879. The molecule has 0 aromatic rings. The minimum Gasteiger partial charge on any atom is -0.390 e. The molecule has 2 aliphatic rings. The van der Waals surface area contributed by atoms with Crippen molar-refractivity contribution in [2.24, 2.45) is 11.8 Å². The second-order valence-corrected chi connectivity index (χ2v) is 16.9. The summed E-state index contributed by atoms with van der Waals surface area (Å²) in [4.78, 5) is 9.99. The maximum absolute atomic E-state index is 12.2. The molecule has 2 saturated heterocycles. The largest absolute Gasteiger partial charge is 0.390 e. The van der Waals surface area contributed by atoms with Crippen LogP contribution in [-0.2, 0) is 37.5 Å². The zero-order valence-corrected chi connectivity index (χ0v) is 29.4. The van der Waals surface area contributed by atoms with E-state index in [1.54, 1.807) is 34.6 Å². The number of aliphatic hydroxyl groups is 4. The lowest BCUT2D eigenvalue weighted by Crippen LogP contribution is -2.58. The lowest BCUT2D eigenvalue weighted by atomic mass is 9.91. The summed E-state index contributed by atoms with van der Waals surface area (Å²) in [5, 5.41) is 41.7. The topological polar surface area (TPSA) is 183 Å². The first kappa shape index (κ1) is 40.9. The van der Waals surface area contributed by atoms with Crippen molar-refractivity contribution in [3.8, 4) is 0 Å². The molecule has 0 saturated carbocycles. The molecule has 2 fully saturated rings. The van der Waals surface area contributed by atoms with Gasteiger partial charge in [-0.05, 0) is 73.6 Å². The van der Waals surface area contributed by atoms with E-state index >= 15 is 0 Å². The standard InChI is InChI=1S/C31H61O13P/c1-20-24(32)27(35)23(44-28(20)39-15-10-9-11-17-42-45(36,37)31(6,7)8)19-40-29-21(2)25(33)26(34)22(43-29)18-38-14-12-13-16-41-30(3,4)5/h20-29,32-35H,9-19H2,1-8H3,(H,36,37). The molecule has 14 heteroatoms. The maximum atomic E-state index is 12.2. The number of ether oxygens (including phenoxy) is 6. The molecule has 0 bridgehead atoms. The Kier molecular flexibility index (Phi) is 16.8. The third-order valence-corrected chi connectivity index (χ3v) is 10.4. The molecule has 0 spiro atoms. The minimum atomic E-state index is -3.69. The molecule has 2 aliphatic heterocycles. The fourth-order valence-electron chi connectivity index (χ4n) is 4.83. The highest BCUT2D eigenvalue weighted by atomic mass is 31.2. The Morgan fingerprint density at radius 1 is 0.644 bits per heavy atom. The summed E-state index contributed by atoms with van der Waals surface area (Å²) in [5.74, 6) is -1.08. The molecule has 0 aromatic heterocycles. The van der Waals surface area contributed by atoms with Crippen LogP contribution in [0.3, 0.4) is 0 Å². The Hall–Kier alpha value is -0.250. The van der Waals surface area contributed by atoms with Crippen LogP contribution in [0.5, 0.6) is 0 Å². The van der Waals surface area contributed by atoms with Crippen molar-refractivity contribution >= 4 is 7.60 Å². The second kappa shape index (κ2) is 18.5. The van der Waals surface area contributed by atoms with Gasteiger partial charge in [-0.15, -0.1) is 0 Å². The van der Waals surface area contributed by atoms with Crippen molar-refractivity contribution in [1.29, 1.82) is 0 Å². The smallest absolute Gasteiger partial charge is 0.333 e. The summed E-state index contributed by atoms with van der Waals surface area (Å²) < 4.78 is 52.5. The molecule has 2 rings (SSSR count). The van der Waals surface area contributed by atoms with Crippen molar-refractivity contribution in [3.05, 3.63) is 0 Å². The van der Waals surface area contributed by atoms with Crippen LogP contribution in [0.2, 0.25) is 0 Å². The van der Waals surface area contributed by atoms with E-state index in [0.717, 1.165) is 12.8 Å². The van der Waals surface area contributed by atoms with Crippen LogP contribution >= 0.6 is 7.60 Å². The van der Waals surface area contributed by atoms with E-state index in [9.17, 15) is 29.9 Å². The van der Waals surface area contributed by atoms with Gasteiger partial charge in [0, 0.05) is 31.7 Å². The van der Waals surface area contributed by atoms with Crippen LogP contribution in [0.4, 0.5) is 0 Å². The summed E-state index contributed by atoms with van der Waals surface area (Å²) in [5.41, 5.74) is -0.189. The SMILES string of the molecule is CC1C(OCC2OC(OCCCCCOP(=O)(O)C(C)(C)C)C(C)C(O)C2O)OC(COCCCCOC(C)(C)C)C(O)C1O. The average Bonchev–Trinajstić information content (AvgIpc) is 2.94. The summed E-state index contributed by atoms with van der Waals surface area (Å²) in [7, 11) is -3.69. The molecule has 0 radical (unpaired) electrons. The first-order valence-corrected chi connectivity index (χ1v) is 17.9. The Morgan fingerprint density at radius 3 is 1.69 bits per heavy atom. The Labute approximate surface area is 269 Å². The molecular formula is C31H61O13P. The van der Waals surface area contributed by atoms with E-state index in [2.05, 4.69) is 0 Å². The number of unbranched alkanes of at least 4 members (excludes halogenated alkanes) is 3. The fourth-order valence-corrected chi connectivity index (χ4v) is 5.60. The van der Waals surface area contributed by atoms with Crippen LogP contribution < -0.4 is 0 Å². The second-order valence-electron chi connectivity index (χ2n) is 14.3. The van der Waals surface area contributed by atoms with Crippen molar-refractivity contribution < 1.29 is 62.8 Å². The van der Waals surface area contributed by atoms with Crippen LogP contribution in [0.1, 0.15) is 87.5 Å². The quantitative estimate of drug-likeness (QED) is 0.106. The van der Waals surface area contributed by atoms with Gasteiger partial charge in [0.25, 0.3) is 0 Å². The number of hydrogen-bond acceptors (Lipinski definition) is 12. The summed E-state index contributed by atoms with van der Waals surface area (Å²) in [6.07, 6.45) is -4.51. The molecule has 11 atom stereocenters. The van der Waals surface area contributed by atoms with E-state index in [1.807, 2.05) is 20.8 Å². The van der Waals surface area contributed by atoms with Gasteiger partial charge in [0.1, 0.15) is 24.4 Å². The fraction of sp³-hybridized carbons (Fsp3) is 1.00. The van der Waals surface area contributed by atoms with Crippen LogP contribution in [0, 0.1) is 11.8 Å². The van der Waals surface area contributed by atoms with Gasteiger partial charge in [0.2, 0.25) is 0 Å². The van der Waals surface area contributed by atoms with Crippen LogP contribution in [-0.4, -0.2) is 125 Å². The summed E-state index contributed by atoms with van der Waals surface area (Å²) >= 11 is 0. The first-order chi connectivity index (χ1) is 20.9. The monoisotopic (exact) mass is 672 g/mol. The highest BCUT2D eigenvalue weighted by Crippen LogP contribution is 2.54. The van der Waals surface area contributed by atoms with E-state index in [4.69, 9.17) is 32.9 Å². The first-order valence-electron chi connectivity index (χ1n) is 16.3. The van der Waals surface area contributed by atoms with Gasteiger partial charge in [-0.3, -0.25) is 4.57 Å².